The first-order valence-electron chi connectivity index (χ1n) is 15.1. The van der Waals surface area contributed by atoms with Gasteiger partial charge in [-0.1, -0.05) is 31.2 Å². The van der Waals surface area contributed by atoms with E-state index in [0.717, 1.165) is 61.5 Å². The van der Waals surface area contributed by atoms with E-state index in [9.17, 15) is 19.1 Å². The number of methoxy groups -OCH3 is 1. The number of pyridine rings is 1. The number of aliphatic hydroxyl groups excluding tert-OH is 1. The Morgan fingerprint density at radius 2 is 2.00 bits per heavy atom. The molecule has 4 fully saturated rings. The van der Waals surface area contributed by atoms with E-state index in [-0.39, 0.29) is 46.1 Å². The van der Waals surface area contributed by atoms with Crippen molar-refractivity contribution in [2.45, 2.75) is 76.9 Å². The van der Waals surface area contributed by atoms with Crippen LogP contribution in [0.3, 0.4) is 0 Å². The molecule has 0 aliphatic heterocycles. The largest absolute Gasteiger partial charge is 0.449 e. The number of ether oxygens (including phenoxy) is 2. The van der Waals surface area contributed by atoms with E-state index in [2.05, 4.69) is 30.0 Å². The number of carbonyl (C=O) groups is 2. The van der Waals surface area contributed by atoms with Crippen LogP contribution >= 0.6 is 11.8 Å². The quantitative estimate of drug-likeness (QED) is 0.279. The first kappa shape index (κ1) is 28.2. The number of fused-ring (bicyclic) bond motifs is 6. The van der Waals surface area contributed by atoms with Crippen LogP contribution in [-0.2, 0) is 25.5 Å². The Bertz CT molecular complexity index is 1460. The van der Waals surface area contributed by atoms with Gasteiger partial charge in [-0.05, 0) is 98.3 Å². The summed E-state index contributed by atoms with van der Waals surface area (Å²) in [5.41, 5.74) is 1.90. The van der Waals surface area contributed by atoms with Crippen LogP contribution in [0.5, 0.6) is 0 Å². The van der Waals surface area contributed by atoms with E-state index in [1.165, 1.54) is 17.8 Å². The minimum Gasteiger partial charge on any atom is -0.449 e. The third-order valence-electron chi connectivity index (χ3n) is 11.3. The van der Waals surface area contributed by atoms with Crippen molar-refractivity contribution in [2.24, 2.45) is 34.5 Å². The maximum atomic E-state index is 13.9. The fourth-order valence-electron chi connectivity index (χ4n) is 9.22. The van der Waals surface area contributed by atoms with Crippen LogP contribution in [0, 0.1) is 40.4 Å². The minimum atomic E-state index is -1.26. The number of hydrogen-bond acceptors (Lipinski definition) is 8. The molecule has 0 saturated heterocycles. The molecule has 0 unspecified atom stereocenters. The van der Waals surface area contributed by atoms with Gasteiger partial charge in [0.2, 0.25) is 11.1 Å². The standard InChI is InChI=1S/C32H38FN3O5S/c1-30-13-19-15-35-36(21-7-9-26(33)34-16-21)24(19)12-20(30)6-8-22-23-10-11-32(29(39)42-17-40-3,41-28(38)18-4-5-18)31(23,2)14-25(37)27(22)30/h7,9,12,15-16,18,22-23,25,27,37H,4-6,8,10-11,13-14,17H2,1-3H3/t22-,23-,25-,27+,30-,31-,32-/m0/s1. The summed E-state index contributed by atoms with van der Waals surface area (Å²) in [6, 6.07) is 3.02. The first-order valence-corrected chi connectivity index (χ1v) is 16.1. The lowest BCUT2D eigenvalue weighted by atomic mass is 9.45. The van der Waals surface area contributed by atoms with Crippen molar-refractivity contribution in [1.29, 1.82) is 0 Å². The summed E-state index contributed by atoms with van der Waals surface area (Å²) in [5.74, 6) is -0.356. The van der Waals surface area contributed by atoms with Gasteiger partial charge in [0.1, 0.15) is 0 Å². The summed E-state index contributed by atoms with van der Waals surface area (Å²) in [6.45, 7) is 4.36. The average Bonchev–Trinajstić information content (AvgIpc) is 3.68. The number of carbonyl (C=O) groups excluding carboxylic acids is 2. The average molecular weight is 596 g/mol. The van der Waals surface area contributed by atoms with Gasteiger partial charge < -0.3 is 14.6 Å². The Morgan fingerprint density at radius 1 is 1.19 bits per heavy atom. The second kappa shape index (κ2) is 9.99. The van der Waals surface area contributed by atoms with Crippen molar-refractivity contribution in [3.8, 4) is 5.69 Å². The Balaban J connectivity index is 1.22. The van der Waals surface area contributed by atoms with E-state index in [4.69, 9.17) is 9.47 Å². The van der Waals surface area contributed by atoms with Gasteiger partial charge in [-0.25, -0.2) is 9.67 Å². The molecule has 0 aromatic carbocycles. The highest BCUT2D eigenvalue weighted by molar-refractivity contribution is 8.13. The van der Waals surface area contributed by atoms with Crippen LogP contribution < -0.4 is 0 Å². The van der Waals surface area contributed by atoms with Crippen LogP contribution in [0.4, 0.5) is 4.39 Å². The summed E-state index contributed by atoms with van der Waals surface area (Å²) in [5, 5.41) is 16.5. The summed E-state index contributed by atoms with van der Waals surface area (Å²) in [6.07, 6.45) is 10.8. The van der Waals surface area contributed by atoms with Gasteiger partial charge in [0.05, 0.1) is 41.7 Å². The smallest absolute Gasteiger partial charge is 0.309 e. The number of rotatable bonds is 6. The van der Waals surface area contributed by atoms with Crippen molar-refractivity contribution < 1.29 is 28.6 Å². The molecule has 0 bridgehead atoms. The molecular formula is C32H38FN3O5S. The van der Waals surface area contributed by atoms with Crippen molar-refractivity contribution in [2.75, 3.05) is 13.0 Å². The number of thioether (sulfide) groups is 1. The molecule has 2 aromatic rings. The zero-order valence-corrected chi connectivity index (χ0v) is 25.2. The molecule has 2 aromatic heterocycles. The molecule has 8 nitrogen and oxygen atoms in total. The van der Waals surface area contributed by atoms with Gasteiger partial charge in [-0.3, -0.25) is 9.59 Å². The molecule has 2 heterocycles. The fraction of sp³-hybridized carbons (Fsp3) is 0.625. The number of nitrogens with zero attached hydrogens (tertiary/aromatic N) is 3. The van der Waals surface area contributed by atoms with Crippen molar-refractivity contribution in [3.63, 3.8) is 0 Å². The number of aromatic nitrogens is 3. The highest BCUT2D eigenvalue weighted by atomic mass is 32.2. The van der Waals surface area contributed by atoms with Gasteiger partial charge in [0.25, 0.3) is 0 Å². The SMILES string of the molecule is COCSC(=O)[C@@]1(OC(=O)C2CC2)CC[C@H]2[C@@H]3CCC4=Cc5c(cnn5-c5ccc(F)nc5)C[C@]4(C)[C@H]3[C@@H](O)C[C@@]21C. The molecule has 10 heteroatoms. The zero-order valence-electron chi connectivity index (χ0n) is 24.3. The lowest BCUT2D eigenvalue weighted by molar-refractivity contribution is -0.197. The van der Waals surface area contributed by atoms with Gasteiger partial charge in [0.15, 0.2) is 5.60 Å². The fourth-order valence-corrected chi connectivity index (χ4v) is 10.1. The van der Waals surface area contributed by atoms with E-state index < -0.39 is 23.1 Å². The van der Waals surface area contributed by atoms with Crippen molar-refractivity contribution in [3.05, 3.63) is 47.3 Å². The Labute approximate surface area is 249 Å². The highest BCUT2D eigenvalue weighted by Gasteiger charge is 2.71. The molecule has 5 aliphatic carbocycles. The predicted octanol–water partition coefficient (Wildman–Crippen LogP) is 5.12. The summed E-state index contributed by atoms with van der Waals surface area (Å²) < 4.78 is 26.8. The number of aliphatic hydroxyl groups is 1. The van der Waals surface area contributed by atoms with Crippen molar-refractivity contribution in [1.82, 2.24) is 14.8 Å². The normalized spacial score (nSPS) is 36.7. The molecule has 224 valence electrons. The second-order valence-electron chi connectivity index (χ2n) is 13.5. The Kier molecular flexibility index (Phi) is 6.71. The second-order valence-corrected chi connectivity index (χ2v) is 14.4. The molecule has 0 amide bonds. The maximum Gasteiger partial charge on any atom is 0.309 e. The lowest BCUT2D eigenvalue weighted by Gasteiger charge is -2.60. The molecule has 1 N–H and O–H groups in total. The molecule has 5 aliphatic rings. The van der Waals surface area contributed by atoms with E-state index in [1.807, 2.05) is 10.9 Å². The Hall–Kier alpha value is -2.56. The van der Waals surface area contributed by atoms with Gasteiger partial charge >= 0.3 is 5.97 Å². The monoisotopic (exact) mass is 595 g/mol. The maximum absolute atomic E-state index is 13.9. The molecule has 4 saturated carbocycles. The summed E-state index contributed by atoms with van der Waals surface area (Å²) >= 11 is 1.08. The predicted molar refractivity (Wildman–Crippen MR) is 155 cm³/mol. The van der Waals surface area contributed by atoms with Crippen LogP contribution in [0.1, 0.15) is 70.1 Å². The van der Waals surface area contributed by atoms with Crippen LogP contribution in [0.15, 0.2) is 30.1 Å². The molecule has 42 heavy (non-hydrogen) atoms. The third kappa shape index (κ3) is 4.08. The van der Waals surface area contributed by atoms with Gasteiger partial charge in [-0.2, -0.15) is 9.49 Å². The molecule has 7 rings (SSSR count). The van der Waals surface area contributed by atoms with E-state index in [0.29, 0.717) is 18.5 Å². The number of allylic oxidation sites excluding steroid dienone is 1. The van der Waals surface area contributed by atoms with E-state index >= 15 is 0 Å². The number of esters is 1. The summed E-state index contributed by atoms with van der Waals surface area (Å²) in [4.78, 5) is 30.8. The first-order chi connectivity index (χ1) is 20.1. The van der Waals surface area contributed by atoms with Crippen LogP contribution in [0.2, 0.25) is 0 Å². The Morgan fingerprint density at radius 3 is 2.71 bits per heavy atom. The topological polar surface area (TPSA) is 104 Å². The van der Waals surface area contributed by atoms with Crippen LogP contribution in [-0.4, -0.2) is 55.7 Å². The molecular weight excluding hydrogens is 557 g/mol. The summed E-state index contributed by atoms with van der Waals surface area (Å²) in [7, 11) is 1.56. The zero-order chi connectivity index (χ0) is 29.4. The molecule has 7 atom stereocenters. The molecule has 0 spiro atoms. The lowest BCUT2D eigenvalue weighted by Crippen LogP contribution is -2.62. The number of halogens is 1. The number of hydrogen-bond donors (Lipinski definition) is 1. The highest BCUT2D eigenvalue weighted by Crippen LogP contribution is 2.69. The third-order valence-corrected chi connectivity index (χ3v) is 12.3. The molecule has 0 radical (unpaired) electrons. The van der Waals surface area contributed by atoms with Gasteiger partial charge in [0, 0.05) is 12.5 Å². The van der Waals surface area contributed by atoms with Gasteiger partial charge in [-0.15, -0.1) is 0 Å². The van der Waals surface area contributed by atoms with Crippen molar-refractivity contribution >= 4 is 28.9 Å². The van der Waals surface area contributed by atoms with Crippen LogP contribution in [0.25, 0.3) is 11.8 Å². The minimum absolute atomic E-state index is 0.0104. The van der Waals surface area contributed by atoms with E-state index in [1.54, 1.807) is 13.2 Å².